The van der Waals surface area contributed by atoms with Crippen LogP contribution in [0.3, 0.4) is 0 Å². The van der Waals surface area contributed by atoms with Crippen LogP contribution in [0.1, 0.15) is 25.3 Å². The zero-order valence-electron chi connectivity index (χ0n) is 8.86. The third-order valence-electron chi connectivity index (χ3n) is 1.81. The number of aromatic nitrogens is 1. The molecule has 78 valence electrons. The quantitative estimate of drug-likeness (QED) is 0.577. The van der Waals surface area contributed by atoms with E-state index >= 15 is 0 Å². The average Bonchev–Trinajstić information content (AvgIpc) is 2.63. The molecule has 0 aromatic carbocycles. The van der Waals surface area contributed by atoms with Gasteiger partial charge in [-0.2, -0.15) is 0 Å². The fourth-order valence-corrected chi connectivity index (χ4v) is 1.70. The van der Waals surface area contributed by atoms with Gasteiger partial charge in [-0.15, -0.1) is 11.3 Å². The van der Waals surface area contributed by atoms with Crippen LogP contribution in [0.5, 0.6) is 0 Å². The number of thiazole rings is 1. The molecule has 0 aliphatic carbocycles. The normalized spacial score (nSPS) is 11.6. The van der Waals surface area contributed by atoms with E-state index in [1.54, 1.807) is 11.3 Å². The highest BCUT2D eigenvalue weighted by Gasteiger charge is 1.90. The molecule has 0 atom stereocenters. The van der Waals surface area contributed by atoms with Gasteiger partial charge in [-0.3, -0.25) is 0 Å². The molecule has 0 fully saturated rings. The molecular formula is C11H18N2S. The summed E-state index contributed by atoms with van der Waals surface area (Å²) in [5, 5.41) is 6.58. The summed E-state index contributed by atoms with van der Waals surface area (Å²) in [6, 6.07) is 0.586. The molecule has 0 spiro atoms. The van der Waals surface area contributed by atoms with Crippen LogP contribution in [-0.4, -0.2) is 17.6 Å². The van der Waals surface area contributed by atoms with Crippen LogP contribution in [0, 0.1) is 0 Å². The predicted molar refractivity (Wildman–Crippen MR) is 62.7 cm³/mol. The first-order valence-corrected chi connectivity index (χ1v) is 5.93. The highest BCUT2D eigenvalue weighted by atomic mass is 32.1. The molecule has 1 heterocycles. The maximum atomic E-state index is 4.21. The summed E-state index contributed by atoms with van der Waals surface area (Å²) in [7, 11) is 0. The van der Waals surface area contributed by atoms with Crippen LogP contribution in [0.15, 0.2) is 23.7 Å². The van der Waals surface area contributed by atoms with Crippen LogP contribution in [0.25, 0.3) is 0 Å². The summed E-state index contributed by atoms with van der Waals surface area (Å²) in [4.78, 5) is 4.21. The lowest BCUT2D eigenvalue weighted by atomic mass is 10.3. The lowest BCUT2D eigenvalue weighted by Crippen LogP contribution is -2.23. The molecule has 0 radical (unpaired) electrons. The number of hydrogen-bond acceptors (Lipinski definition) is 3. The van der Waals surface area contributed by atoms with Crippen molar-refractivity contribution in [1.82, 2.24) is 10.3 Å². The number of nitrogens with zero attached hydrogens (tertiary/aromatic N) is 1. The second-order valence-corrected chi connectivity index (χ2v) is 4.48. The molecule has 0 bridgehead atoms. The SMILES string of the molecule is CC(C)NCCC=CCc1nccs1. The zero-order valence-corrected chi connectivity index (χ0v) is 9.68. The molecule has 1 aromatic heterocycles. The first kappa shape index (κ1) is 11.4. The van der Waals surface area contributed by atoms with E-state index in [0.29, 0.717) is 6.04 Å². The third kappa shape index (κ3) is 5.14. The van der Waals surface area contributed by atoms with Crippen LogP contribution in [-0.2, 0) is 6.42 Å². The summed E-state index contributed by atoms with van der Waals surface area (Å²) in [5.74, 6) is 0. The van der Waals surface area contributed by atoms with Gasteiger partial charge in [0.1, 0.15) is 0 Å². The Balaban J connectivity index is 2.04. The van der Waals surface area contributed by atoms with E-state index in [1.807, 2.05) is 11.6 Å². The molecule has 3 heteroatoms. The summed E-state index contributed by atoms with van der Waals surface area (Å²) >= 11 is 1.71. The zero-order chi connectivity index (χ0) is 10.2. The first-order chi connectivity index (χ1) is 6.79. The molecule has 0 unspecified atom stereocenters. The fourth-order valence-electron chi connectivity index (χ4n) is 1.11. The van der Waals surface area contributed by atoms with Gasteiger partial charge in [-0.1, -0.05) is 26.0 Å². The van der Waals surface area contributed by atoms with Crippen molar-refractivity contribution in [3.63, 3.8) is 0 Å². The van der Waals surface area contributed by atoms with Crippen molar-refractivity contribution in [2.75, 3.05) is 6.54 Å². The van der Waals surface area contributed by atoms with Crippen LogP contribution in [0.2, 0.25) is 0 Å². The average molecular weight is 210 g/mol. The molecule has 0 aliphatic heterocycles. The summed E-state index contributed by atoms with van der Waals surface area (Å²) in [6.45, 7) is 5.39. The van der Waals surface area contributed by atoms with Gasteiger partial charge in [0.25, 0.3) is 0 Å². The minimum atomic E-state index is 0.586. The summed E-state index contributed by atoms with van der Waals surface area (Å²) in [5.41, 5.74) is 0. The topological polar surface area (TPSA) is 24.9 Å². The number of hydrogen-bond donors (Lipinski definition) is 1. The van der Waals surface area contributed by atoms with Gasteiger partial charge in [0.05, 0.1) is 5.01 Å². The fraction of sp³-hybridized carbons (Fsp3) is 0.545. The predicted octanol–water partition coefficient (Wildman–Crippen LogP) is 2.63. The molecular weight excluding hydrogens is 192 g/mol. The van der Waals surface area contributed by atoms with Crippen molar-refractivity contribution in [3.8, 4) is 0 Å². The third-order valence-corrected chi connectivity index (χ3v) is 2.61. The smallest absolute Gasteiger partial charge is 0.0962 e. The maximum Gasteiger partial charge on any atom is 0.0962 e. The Hall–Kier alpha value is -0.670. The highest BCUT2D eigenvalue weighted by Crippen LogP contribution is 2.04. The van der Waals surface area contributed by atoms with Crippen molar-refractivity contribution >= 4 is 11.3 Å². The standard InChI is InChI=1S/C11H18N2S/c1-10(2)12-7-5-3-4-6-11-13-8-9-14-11/h3-4,8-10,12H,5-7H2,1-2H3. The van der Waals surface area contributed by atoms with Gasteiger partial charge in [-0.25, -0.2) is 4.98 Å². The Morgan fingerprint density at radius 2 is 2.36 bits per heavy atom. The molecule has 1 N–H and O–H groups in total. The molecule has 1 rings (SSSR count). The number of nitrogens with one attached hydrogen (secondary N) is 1. The van der Waals surface area contributed by atoms with Gasteiger partial charge < -0.3 is 5.32 Å². The first-order valence-electron chi connectivity index (χ1n) is 5.06. The molecule has 1 aromatic rings. The van der Waals surface area contributed by atoms with Crippen LogP contribution >= 0.6 is 11.3 Å². The monoisotopic (exact) mass is 210 g/mol. The van der Waals surface area contributed by atoms with E-state index in [-0.39, 0.29) is 0 Å². The van der Waals surface area contributed by atoms with E-state index in [9.17, 15) is 0 Å². The van der Waals surface area contributed by atoms with Crippen molar-refractivity contribution in [2.24, 2.45) is 0 Å². The van der Waals surface area contributed by atoms with Gasteiger partial charge in [0.15, 0.2) is 0 Å². The van der Waals surface area contributed by atoms with E-state index in [4.69, 9.17) is 0 Å². The minimum Gasteiger partial charge on any atom is -0.314 e. The second-order valence-electron chi connectivity index (χ2n) is 3.50. The number of rotatable bonds is 6. The molecule has 0 saturated carbocycles. The molecule has 0 amide bonds. The van der Waals surface area contributed by atoms with Crippen molar-refractivity contribution in [3.05, 3.63) is 28.7 Å². The maximum absolute atomic E-state index is 4.21. The molecule has 0 aliphatic rings. The Kier molecular flexibility index (Phi) is 5.49. The Labute approximate surface area is 90.1 Å². The van der Waals surface area contributed by atoms with E-state index in [0.717, 1.165) is 19.4 Å². The molecule has 14 heavy (non-hydrogen) atoms. The Bertz CT molecular complexity index is 252. The summed E-state index contributed by atoms with van der Waals surface area (Å²) in [6.07, 6.45) is 8.34. The Morgan fingerprint density at radius 3 is 3.00 bits per heavy atom. The van der Waals surface area contributed by atoms with E-state index < -0.39 is 0 Å². The minimum absolute atomic E-state index is 0.586. The van der Waals surface area contributed by atoms with E-state index in [2.05, 4.69) is 36.3 Å². The van der Waals surface area contributed by atoms with E-state index in [1.165, 1.54) is 5.01 Å². The lowest BCUT2D eigenvalue weighted by molar-refractivity contribution is 0.594. The van der Waals surface area contributed by atoms with Crippen molar-refractivity contribution in [2.45, 2.75) is 32.7 Å². The number of allylic oxidation sites excluding steroid dienone is 1. The van der Waals surface area contributed by atoms with Gasteiger partial charge >= 0.3 is 0 Å². The van der Waals surface area contributed by atoms with Crippen LogP contribution < -0.4 is 5.32 Å². The van der Waals surface area contributed by atoms with Crippen molar-refractivity contribution in [1.29, 1.82) is 0 Å². The van der Waals surface area contributed by atoms with Gasteiger partial charge in [0, 0.05) is 24.0 Å². The Morgan fingerprint density at radius 1 is 1.50 bits per heavy atom. The van der Waals surface area contributed by atoms with Crippen molar-refractivity contribution < 1.29 is 0 Å². The van der Waals surface area contributed by atoms with Crippen LogP contribution in [0.4, 0.5) is 0 Å². The largest absolute Gasteiger partial charge is 0.314 e. The second kappa shape index (κ2) is 6.74. The summed E-state index contributed by atoms with van der Waals surface area (Å²) < 4.78 is 0. The van der Waals surface area contributed by atoms with Gasteiger partial charge in [0.2, 0.25) is 0 Å². The lowest BCUT2D eigenvalue weighted by Gasteiger charge is -2.04. The highest BCUT2D eigenvalue weighted by molar-refractivity contribution is 7.09. The molecule has 0 saturated heterocycles. The van der Waals surface area contributed by atoms with Gasteiger partial charge in [-0.05, 0) is 13.0 Å². The molecule has 2 nitrogen and oxygen atoms in total.